The average Bonchev–Trinajstić information content (AvgIpc) is 2.54. The first kappa shape index (κ1) is 15.6. The van der Waals surface area contributed by atoms with Crippen molar-refractivity contribution >= 4 is 17.7 Å². The predicted octanol–water partition coefficient (Wildman–Crippen LogP) is 3.11. The SMILES string of the molecule is COC(=O)C(N)(CSc1ccccc1C)c1ccccc1. The largest absolute Gasteiger partial charge is 0.467 e. The molecule has 0 bridgehead atoms. The number of rotatable bonds is 5. The molecule has 0 radical (unpaired) electrons. The third-order valence-electron chi connectivity index (χ3n) is 3.39. The maximum Gasteiger partial charge on any atom is 0.331 e. The van der Waals surface area contributed by atoms with Crippen molar-refractivity contribution in [3.8, 4) is 0 Å². The minimum Gasteiger partial charge on any atom is -0.467 e. The third-order valence-corrected chi connectivity index (χ3v) is 4.76. The van der Waals surface area contributed by atoms with Gasteiger partial charge in [0.05, 0.1) is 7.11 Å². The van der Waals surface area contributed by atoms with Crippen molar-refractivity contribution in [2.75, 3.05) is 12.9 Å². The molecule has 1 unspecified atom stereocenters. The highest BCUT2D eigenvalue weighted by atomic mass is 32.2. The van der Waals surface area contributed by atoms with Crippen molar-refractivity contribution in [2.45, 2.75) is 17.4 Å². The molecule has 0 heterocycles. The van der Waals surface area contributed by atoms with Crippen molar-refractivity contribution in [1.29, 1.82) is 0 Å². The molecule has 2 aromatic carbocycles. The summed E-state index contributed by atoms with van der Waals surface area (Å²) in [6, 6.07) is 17.4. The van der Waals surface area contributed by atoms with Gasteiger partial charge in [0.2, 0.25) is 0 Å². The molecule has 2 N–H and O–H groups in total. The van der Waals surface area contributed by atoms with Crippen LogP contribution in [0.5, 0.6) is 0 Å². The topological polar surface area (TPSA) is 52.3 Å². The Kier molecular flexibility index (Phi) is 5.04. The zero-order chi connectivity index (χ0) is 15.3. The first-order valence-electron chi connectivity index (χ1n) is 6.69. The Morgan fingerprint density at radius 1 is 1.14 bits per heavy atom. The van der Waals surface area contributed by atoms with Gasteiger partial charge in [-0.15, -0.1) is 11.8 Å². The van der Waals surface area contributed by atoms with E-state index in [0.717, 1.165) is 10.5 Å². The number of hydrogen-bond donors (Lipinski definition) is 1. The molecule has 0 spiro atoms. The Bertz CT molecular complexity index is 615. The second-order valence-electron chi connectivity index (χ2n) is 4.88. The second kappa shape index (κ2) is 6.78. The first-order chi connectivity index (χ1) is 10.1. The molecule has 0 aliphatic heterocycles. The van der Waals surface area contributed by atoms with Crippen molar-refractivity contribution < 1.29 is 9.53 Å². The van der Waals surface area contributed by atoms with Crippen LogP contribution in [0.1, 0.15) is 11.1 Å². The van der Waals surface area contributed by atoms with E-state index in [-0.39, 0.29) is 0 Å². The zero-order valence-corrected chi connectivity index (χ0v) is 13.0. The molecule has 0 saturated carbocycles. The fraction of sp³-hybridized carbons (Fsp3) is 0.235. The zero-order valence-electron chi connectivity index (χ0n) is 12.2. The van der Waals surface area contributed by atoms with Gasteiger partial charge in [-0.2, -0.15) is 0 Å². The normalized spacial score (nSPS) is 13.5. The monoisotopic (exact) mass is 301 g/mol. The molecule has 0 aliphatic carbocycles. The van der Waals surface area contributed by atoms with Gasteiger partial charge in [0, 0.05) is 10.6 Å². The number of hydrogen-bond acceptors (Lipinski definition) is 4. The summed E-state index contributed by atoms with van der Waals surface area (Å²) in [5.74, 6) is 0.00364. The lowest BCUT2D eigenvalue weighted by Crippen LogP contribution is -2.48. The number of thioether (sulfide) groups is 1. The minimum absolute atomic E-state index is 0.421. The number of carbonyl (C=O) groups excluding carboxylic acids is 1. The van der Waals surface area contributed by atoms with Crippen molar-refractivity contribution in [1.82, 2.24) is 0 Å². The van der Waals surface area contributed by atoms with Crippen molar-refractivity contribution in [3.63, 3.8) is 0 Å². The van der Waals surface area contributed by atoms with E-state index < -0.39 is 11.5 Å². The standard InChI is InChI=1S/C17H19NO2S/c1-13-8-6-7-11-15(13)21-12-17(18,16(19)20-2)14-9-4-3-5-10-14/h3-11H,12,18H2,1-2H3. The Labute approximate surface area is 129 Å². The Morgan fingerprint density at radius 3 is 2.38 bits per heavy atom. The molecular formula is C17H19NO2S. The van der Waals surface area contributed by atoms with E-state index in [2.05, 4.69) is 0 Å². The number of carbonyl (C=O) groups is 1. The van der Waals surface area contributed by atoms with E-state index in [4.69, 9.17) is 10.5 Å². The maximum absolute atomic E-state index is 12.2. The van der Waals surface area contributed by atoms with Crippen LogP contribution in [0.2, 0.25) is 0 Å². The van der Waals surface area contributed by atoms with Crippen LogP contribution in [-0.4, -0.2) is 18.8 Å². The number of benzene rings is 2. The van der Waals surface area contributed by atoms with Crippen LogP contribution in [0.3, 0.4) is 0 Å². The van der Waals surface area contributed by atoms with Gasteiger partial charge >= 0.3 is 5.97 Å². The Morgan fingerprint density at radius 2 is 1.76 bits per heavy atom. The van der Waals surface area contributed by atoms with Gasteiger partial charge in [-0.1, -0.05) is 48.5 Å². The summed E-state index contributed by atoms with van der Waals surface area (Å²) in [5.41, 5.74) is 7.16. The molecule has 1 atom stereocenters. The van der Waals surface area contributed by atoms with E-state index >= 15 is 0 Å². The van der Waals surface area contributed by atoms with Gasteiger partial charge in [-0.05, 0) is 24.1 Å². The Hall–Kier alpha value is -1.78. The van der Waals surface area contributed by atoms with E-state index in [1.165, 1.54) is 12.7 Å². The summed E-state index contributed by atoms with van der Waals surface area (Å²) in [4.78, 5) is 13.3. The second-order valence-corrected chi connectivity index (χ2v) is 5.90. The van der Waals surface area contributed by atoms with Crippen molar-refractivity contribution in [2.24, 2.45) is 5.73 Å². The number of nitrogens with two attached hydrogens (primary N) is 1. The molecule has 0 saturated heterocycles. The highest BCUT2D eigenvalue weighted by Crippen LogP contribution is 2.30. The minimum atomic E-state index is -1.15. The summed E-state index contributed by atoms with van der Waals surface area (Å²) < 4.78 is 4.91. The molecule has 0 fully saturated rings. The molecular weight excluding hydrogens is 282 g/mol. The van der Waals surface area contributed by atoms with Crippen LogP contribution in [0.15, 0.2) is 59.5 Å². The molecule has 110 valence electrons. The van der Waals surface area contributed by atoms with Gasteiger partial charge in [0.1, 0.15) is 5.54 Å². The molecule has 2 aromatic rings. The molecule has 2 rings (SSSR count). The summed E-state index contributed by atoms with van der Waals surface area (Å²) in [5, 5.41) is 0. The van der Waals surface area contributed by atoms with Crippen LogP contribution < -0.4 is 5.73 Å². The first-order valence-corrected chi connectivity index (χ1v) is 7.68. The van der Waals surface area contributed by atoms with Crippen LogP contribution in [0.25, 0.3) is 0 Å². The van der Waals surface area contributed by atoms with Crippen LogP contribution in [-0.2, 0) is 15.1 Å². The summed E-state index contributed by atoms with van der Waals surface area (Å²) in [7, 11) is 1.37. The highest BCUT2D eigenvalue weighted by molar-refractivity contribution is 7.99. The lowest BCUT2D eigenvalue weighted by Gasteiger charge is -2.27. The van der Waals surface area contributed by atoms with Crippen LogP contribution >= 0.6 is 11.8 Å². The molecule has 4 heteroatoms. The fourth-order valence-corrected chi connectivity index (χ4v) is 3.23. The number of methoxy groups -OCH3 is 1. The van der Waals surface area contributed by atoms with Crippen LogP contribution in [0.4, 0.5) is 0 Å². The molecule has 0 aliphatic rings. The fourth-order valence-electron chi connectivity index (χ4n) is 2.09. The predicted molar refractivity (Wildman–Crippen MR) is 86.2 cm³/mol. The molecule has 21 heavy (non-hydrogen) atoms. The number of ether oxygens (including phenoxy) is 1. The smallest absolute Gasteiger partial charge is 0.331 e. The van der Waals surface area contributed by atoms with E-state index in [1.54, 1.807) is 11.8 Å². The molecule has 0 amide bonds. The van der Waals surface area contributed by atoms with E-state index in [0.29, 0.717) is 5.75 Å². The maximum atomic E-state index is 12.2. The highest BCUT2D eigenvalue weighted by Gasteiger charge is 2.37. The van der Waals surface area contributed by atoms with Gasteiger partial charge in [0.25, 0.3) is 0 Å². The quantitative estimate of drug-likeness (QED) is 0.681. The summed E-state index contributed by atoms with van der Waals surface area (Å²) >= 11 is 1.57. The van der Waals surface area contributed by atoms with Gasteiger partial charge in [-0.3, -0.25) is 0 Å². The molecule has 3 nitrogen and oxygen atoms in total. The van der Waals surface area contributed by atoms with Crippen molar-refractivity contribution in [3.05, 3.63) is 65.7 Å². The van der Waals surface area contributed by atoms with Gasteiger partial charge in [-0.25, -0.2) is 4.79 Å². The number of esters is 1. The molecule has 0 aromatic heterocycles. The summed E-state index contributed by atoms with van der Waals surface area (Å²) in [6.07, 6.45) is 0. The van der Waals surface area contributed by atoms with E-state index in [1.807, 2.05) is 61.5 Å². The lowest BCUT2D eigenvalue weighted by molar-refractivity contribution is -0.146. The summed E-state index contributed by atoms with van der Waals surface area (Å²) in [6.45, 7) is 2.04. The lowest BCUT2D eigenvalue weighted by atomic mass is 9.93. The Balaban J connectivity index is 2.26. The third kappa shape index (κ3) is 3.46. The average molecular weight is 301 g/mol. The number of aryl methyl sites for hydroxylation is 1. The van der Waals surface area contributed by atoms with Gasteiger partial charge in [0.15, 0.2) is 0 Å². The van der Waals surface area contributed by atoms with Crippen LogP contribution in [0, 0.1) is 6.92 Å². The van der Waals surface area contributed by atoms with E-state index in [9.17, 15) is 4.79 Å². The van der Waals surface area contributed by atoms with Gasteiger partial charge < -0.3 is 10.5 Å².